The summed E-state index contributed by atoms with van der Waals surface area (Å²) in [5, 5.41) is 21.9. The minimum atomic E-state index is -4.59. The van der Waals surface area contributed by atoms with Gasteiger partial charge in [-0.05, 0) is 36.7 Å². The second-order valence-corrected chi connectivity index (χ2v) is 11.0. The third-order valence-corrected chi connectivity index (χ3v) is 8.24. The van der Waals surface area contributed by atoms with Crippen molar-refractivity contribution in [2.24, 2.45) is 10.9 Å². The van der Waals surface area contributed by atoms with Crippen molar-refractivity contribution < 1.29 is 21.2 Å². The van der Waals surface area contributed by atoms with Crippen LogP contribution in [0, 0.1) is 0 Å². The van der Waals surface area contributed by atoms with Gasteiger partial charge in [0.1, 0.15) is 16.0 Å². The Morgan fingerprint density at radius 1 is 1.22 bits per heavy atom. The lowest BCUT2D eigenvalue weighted by Crippen LogP contribution is -2.48. The van der Waals surface area contributed by atoms with Gasteiger partial charge in [-0.15, -0.1) is 10.2 Å². The second-order valence-electron chi connectivity index (χ2n) is 7.79. The van der Waals surface area contributed by atoms with E-state index < -0.39 is 48.1 Å². The molecule has 0 aliphatic carbocycles. The maximum absolute atomic E-state index is 14.3. The number of alkyl halides is 1. The summed E-state index contributed by atoms with van der Waals surface area (Å²) in [7, 11) is -8.88. The van der Waals surface area contributed by atoms with Gasteiger partial charge in [0.25, 0.3) is 0 Å². The predicted molar refractivity (Wildman–Crippen MR) is 112 cm³/mol. The van der Waals surface area contributed by atoms with Gasteiger partial charge in [-0.3, -0.25) is 0 Å². The van der Waals surface area contributed by atoms with Gasteiger partial charge >= 0.3 is 0 Å². The van der Waals surface area contributed by atoms with Gasteiger partial charge in [0.2, 0.25) is 25.9 Å². The molecule has 2 aliphatic heterocycles. The van der Waals surface area contributed by atoms with Gasteiger partial charge in [0.05, 0.1) is 12.1 Å². The number of benzene rings is 1. The van der Waals surface area contributed by atoms with E-state index in [1.165, 1.54) is 6.07 Å². The first kappa shape index (κ1) is 22.9. The number of piperidine rings is 1. The first-order valence-electron chi connectivity index (χ1n) is 9.89. The molecule has 32 heavy (non-hydrogen) atoms. The Morgan fingerprint density at radius 3 is 2.59 bits per heavy atom. The Kier molecular flexibility index (Phi) is 6.17. The molecule has 1 aromatic heterocycles. The molecule has 2 aromatic rings. The molecule has 3 atom stereocenters. The van der Waals surface area contributed by atoms with Crippen molar-refractivity contribution in [3.63, 3.8) is 0 Å². The topological polar surface area (TPSA) is 202 Å². The van der Waals surface area contributed by atoms with Crippen molar-refractivity contribution in [2.75, 3.05) is 31.1 Å². The lowest BCUT2D eigenvalue weighted by molar-refractivity contribution is 0.251. The van der Waals surface area contributed by atoms with Gasteiger partial charge in [0, 0.05) is 30.9 Å². The number of hydrogen-bond acceptors (Lipinski definition) is 10. The van der Waals surface area contributed by atoms with Crippen LogP contribution in [-0.2, 0) is 20.0 Å². The molecule has 2 saturated heterocycles. The molecule has 7 N–H and O–H groups in total. The largest absolute Gasteiger partial charge is 0.368 e. The number of aromatic amines is 1. The maximum Gasteiger partial charge on any atom is 0.242 e. The fraction of sp³-hybridized carbons (Fsp3) is 0.562. The number of sulfonamides is 2. The van der Waals surface area contributed by atoms with Crippen LogP contribution in [0.25, 0.3) is 11.4 Å². The number of hydrogen-bond donors (Lipinski definition) is 5. The van der Waals surface area contributed by atoms with E-state index in [4.69, 9.17) is 10.9 Å². The first-order valence-corrected chi connectivity index (χ1v) is 12.9. The summed E-state index contributed by atoms with van der Waals surface area (Å²) in [4.78, 5) is 0.347. The van der Waals surface area contributed by atoms with Gasteiger partial charge < -0.3 is 16.0 Å². The smallest absolute Gasteiger partial charge is 0.242 e. The van der Waals surface area contributed by atoms with Crippen LogP contribution < -0.4 is 25.8 Å². The van der Waals surface area contributed by atoms with Gasteiger partial charge in [0.15, 0.2) is 0 Å². The van der Waals surface area contributed by atoms with Crippen LogP contribution in [0.2, 0.25) is 0 Å². The average Bonchev–Trinajstić information content (AvgIpc) is 3.42. The van der Waals surface area contributed by atoms with Crippen LogP contribution in [0.4, 0.5) is 10.1 Å². The van der Waals surface area contributed by atoms with Gasteiger partial charge in [-0.2, -0.15) is 5.21 Å². The lowest BCUT2D eigenvalue weighted by atomic mass is 10.0. The standard InChI is InChI=1S/C16H24FN9O4S2/c17-10-8-26(6-4-11(10)18)12-1-2-13(32(29,30)23-9-3-5-20-7-9)15(31(19,27)28)14(12)16-21-24-25-22-16/h1-2,9-11,20,23H,3-8,18H2,(H2,19,27,28)(H,21,22,24,25)/t9?,10-,11+/m0/s1. The summed E-state index contributed by atoms with van der Waals surface area (Å²) < 4.78 is 68.5. The Morgan fingerprint density at radius 2 is 2.00 bits per heavy atom. The van der Waals surface area contributed by atoms with E-state index in [0.29, 0.717) is 32.5 Å². The monoisotopic (exact) mass is 489 g/mol. The van der Waals surface area contributed by atoms with Gasteiger partial charge in [-0.25, -0.2) is 31.1 Å². The summed E-state index contributed by atoms with van der Waals surface area (Å²) in [5.41, 5.74) is 5.80. The molecule has 0 bridgehead atoms. The zero-order valence-corrected chi connectivity index (χ0v) is 18.5. The Hall–Kier alpha value is -2.24. The summed E-state index contributed by atoms with van der Waals surface area (Å²) in [5.74, 6) is -0.186. The van der Waals surface area contributed by atoms with Crippen LogP contribution >= 0.6 is 0 Å². The van der Waals surface area contributed by atoms with E-state index in [-0.39, 0.29) is 23.6 Å². The molecule has 16 heteroatoms. The molecule has 1 unspecified atom stereocenters. The minimum Gasteiger partial charge on any atom is -0.368 e. The van der Waals surface area contributed by atoms with E-state index >= 15 is 0 Å². The van der Waals surface area contributed by atoms with Crippen molar-refractivity contribution >= 4 is 25.7 Å². The molecule has 0 spiro atoms. The van der Waals surface area contributed by atoms with Crippen molar-refractivity contribution in [3.8, 4) is 11.4 Å². The molecule has 2 aliphatic rings. The summed E-state index contributed by atoms with van der Waals surface area (Å²) in [6, 6.07) is 1.48. The zero-order chi connectivity index (χ0) is 23.1. The zero-order valence-electron chi connectivity index (χ0n) is 16.9. The highest BCUT2D eigenvalue weighted by Gasteiger charge is 2.36. The average molecular weight is 490 g/mol. The molecule has 0 radical (unpaired) electrons. The van der Waals surface area contributed by atoms with E-state index in [2.05, 4.69) is 30.7 Å². The molecular weight excluding hydrogens is 465 g/mol. The molecule has 2 fully saturated rings. The fourth-order valence-electron chi connectivity index (χ4n) is 3.97. The van der Waals surface area contributed by atoms with E-state index in [1.807, 2.05) is 0 Å². The summed E-state index contributed by atoms with van der Waals surface area (Å²) >= 11 is 0. The molecular formula is C16H24FN9O4S2. The maximum atomic E-state index is 14.3. The highest BCUT2D eigenvalue weighted by atomic mass is 32.2. The van der Waals surface area contributed by atoms with Gasteiger partial charge in [-0.1, -0.05) is 0 Å². The number of aromatic nitrogens is 4. The highest BCUT2D eigenvalue weighted by molar-refractivity contribution is 7.92. The van der Waals surface area contributed by atoms with E-state index in [0.717, 1.165) is 6.07 Å². The third-order valence-electron chi connectivity index (χ3n) is 5.56. The number of tetrazole rings is 1. The lowest BCUT2D eigenvalue weighted by Gasteiger charge is -2.35. The van der Waals surface area contributed by atoms with E-state index in [1.54, 1.807) is 4.90 Å². The number of nitrogens with zero attached hydrogens (tertiary/aromatic N) is 4. The van der Waals surface area contributed by atoms with Crippen LogP contribution in [-0.4, -0.2) is 81.9 Å². The number of halogens is 1. The van der Waals surface area contributed by atoms with Crippen molar-refractivity contribution in [1.82, 2.24) is 30.7 Å². The SMILES string of the molecule is N[C@@H]1CCN(c2ccc(S(=O)(=O)NC3CCNC3)c(S(N)(=O)=O)c2-c2nn[nH]n2)C[C@@H]1F. The first-order chi connectivity index (χ1) is 15.1. The Labute approximate surface area is 184 Å². The molecule has 176 valence electrons. The molecule has 13 nitrogen and oxygen atoms in total. The quantitative estimate of drug-likeness (QED) is 0.303. The molecule has 4 rings (SSSR count). The van der Waals surface area contributed by atoms with Crippen molar-refractivity contribution in [3.05, 3.63) is 12.1 Å². The number of primary sulfonamides is 1. The predicted octanol–water partition coefficient (Wildman–Crippen LogP) is -1.97. The molecule has 3 heterocycles. The number of H-pyrrole nitrogens is 1. The minimum absolute atomic E-state index is 0.117. The third kappa shape index (κ3) is 4.46. The normalized spacial score (nSPS) is 24.7. The van der Waals surface area contributed by atoms with Crippen molar-refractivity contribution in [2.45, 2.75) is 40.9 Å². The number of nitrogens with one attached hydrogen (secondary N) is 3. The van der Waals surface area contributed by atoms with Crippen LogP contribution in [0.15, 0.2) is 21.9 Å². The molecule has 0 amide bonds. The number of anilines is 1. The summed E-state index contributed by atoms with van der Waals surface area (Å²) in [6.45, 7) is 1.23. The Balaban J connectivity index is 1.91. The second kappa shape index (κ2) is 8.60. The molecule has 0 saturated carbocycles. The van der Waals surface area contributed by atoms with Crippen molar-refractivity contribution in [1.29, 1.82) is 0 Å². The number of nitrogens with two attached hydrogens (primary N) is 2. The Bertz CT molecular complexity index is 1180. The van der Waals surface area contributed by atoms with Crippen LogP contribution in [0.5, 0.6) is 0 Å². The fourth-order valence-corrected chi connectivity index (χ4v) is 6.84. The summed E-state index contributed by atoms with van der Waals surface area (Å²) in [6.07, 6.45) is -0.501. The van der Waals surface area contributed by atoms with Crippen LogP contribution in [0.1, 0.15) is 12.8 Å². The van der Waals surface area contributed by atoms with Crippen LogP contribution in [0.3, 0.4) is 0 Å². The molecule has 1 aromatic carbocycles. The highest BCUT2D eigenvalue weighted by Crippen LogP contribution is 2.39. The van der Waals surface area contributed by atoms with E-state index in [9.17, 15) is 21.2 Å². The number of rotatable bonds is 6.